The lowest BCUT2D eigenvalue weighted by Crippen LogP contribution is -2.48. The van der Waals surface area contributed by atoms with E-state index in [1.165, 1.54) is 5.57 Å². The van der Waals surface area contributed by atoms with Crippen LogP contribution in [0.2, 0.25) is 0 Å². The summed E-state index contributed by atoms with van der Waals surface area (Å²) in [6.07, 6.45) is 4.20. The maximum absolute atomic E-state index is 12.3. The molecule has 0 aromatic carbocycles. The highest BCUT2D eigenvalue weighted by molar-refractivity contribution is 6.00. The lowest BCUT2D eigenvalue weighted by molar-refractivity contribution is -0.123. The van der Waals surface area contributed by atoms with Crippen molar-refractivity contribution in [3.63, 3.8) is 0 Å². The van der Waals surface area contributed by atoms with Crippen LogP contribution in [-0.2, 0) is 9.53 Å². The van der Waals surface area contributed by atoms with E-state index in [2.05, 4.69) is 26.0 Å². The van der Waals surface area contributed by atoms with Gasteiger partial charge in [-0.3, -0.25) is 4.79 Å². The van der Waals surface area contributed by atoms with E-state index in [1.54, 1.807) is 4.90 Å². The van der Waals surface area contributed by atoms with E-state index in [0.717, 1.165) is 23.3 Å². The average molecular weight is 317 g/mol. The van der Waals surface area contributed by atoms with Crippen LogP contribution in [0.3, 0.4) is 0 Å². The molecular formula is C19H27NO3. The molecule has 23 heavy (non-hydrogen) atoms. The zero-order valence-corrected chi connectivity index (χ0v) is 14.9. The van der Waals surface area contributed by atoms with Crippen LogP contribution >= 0.6 is 0 Å². The summed E-state index contributed by atoms with van der Waals surface area (Å²) < 4.78 is 5.90. The number of amides is 1. The SMILES string of the molecule is CC1=C2C[C@@]3(C)C(=C[C@@H](OC(C)C)[C@H](O)[C@@H]3C)C=C2N(C)C1=O. The van der Waals surface area contributed by atoms with Gasteiger partial charge in [-0.15, -0.1) is 0 Å². The van der Waals surface area contributed by atoms with E-state index in [0.29, 0.717) is 0 Å². The fourth-order valence-corrected chi connectivity index (χ4v) is 4.11. The molecule has 1 amide bonds. The fourth-order valence-electron chi connectivity index (χ4n) is 4.11. The summed E-state index contributed by atoms with van der Waals surface area (Å²) >= 11 is 0. The van der Waals surface area contributed by atoms with Crippen molar-refractivity contribution >= 4 is 5.91 Å². The van der Waals surface area contributed by atoms with Crippen LogP contribution in [0.1, 0.15) is 41.0 Å². The number of carbonyl (C=O) groups is 1. The summed E-state index contributed by atoms with van der Waals surface area (Å²) in [6, 6.07) is 0. The van der Waals surface area contributed by atoms with E-state index in [4.69, 9.17) is 4.74 Å². The third-order valence-corrected chi connectivity index (χ3v) is 5.87. The minimum Gasteiger partial charge on any atom is -0.390 e. The van der Waals surface area contributed by atoms with Crippen LogP contribution in [-0.4, -0.2) is 41.3 Å². The van der Waals surface area contributed by atoms with Crippen molar-refractivity contribution < 1.29 is 14.6 Å². The predicted octanol–water partition coefficient (Wildman–Crippen LogP) is 2.80. The molecule has 2 aliphatic carbocycles. The molecule has 0 aromatic rings. The number of hydrogen-bond donors (Lipinski definition) is 1. The van der Waals surface area contributed by atoms with Gasteiger partial charge in [-0.25, -0.2) is 0 Å². The molecule has 4 atom stereocenters. The Morgan fingerprint density at radius 1 is 1.43 bits per heavy atom. The Labute approximate surface area is 138 Å². The molecule has 3 rings (SSSR count). The highest BCUT2D eigenvalue weighted by Crippen LogP contribution is 2.54. The lowest BCUT2D eigenvalue weighted by Gasteiger charge is -2.48. The van der Waals surface area contributed by atoms with Crippen LogP contribution in [0.15, 0.2) is 34.6 Å². The van der Waals surface area contributed by atoms with E-state index in [1.807, 2.05) is 27.8 Å². The van der Waals surface area contributed by atoms with Gasteiger partial charge in [0.2, 0.25) is 0 Å². The van der Waals surface area contributed by atoms with E-state index >= 15 is 0 Å². The number of aliphatic hydroxyl groups is 1. The van der Waals surface area contributed by atoms with Crippen LogP contribution in [0, 0.1) is 11.3 Å². The second-order valence-electron chi connectivity index (χ2n) is 7.64. The lowest BCUT2D eigenvalue weighted by atomic mass is 9.60. The van der Waals surface area contributed by atoms with Crippen molar-refractivity contribution in [2.75, 3.05) is 7.05 Å². The number of aliphatic hydroxyl groups excluding tert-OH is 1. The Morgan fingerprint density at radius 2 is 2.09 bits per heavy atom. The zero-order valence-electron chi connectivity index (χ0n) is 14.9. The van der Waals surface area contributed by atoms with Crippen LogP contribution in [0.4, 0.5) is 0 Å². The van der Waals surface area contributed by atoms with Crippen molar-refractivity contribution in [1.82, 2.24) is 4.90 Å². The molecule has 0 saturated carbocycles. The van der Waals surface area contributed by atoms with E-state index in [9.17, 15) is 9.90 Å². The Hall–Kier alpha value is -1.39. The third-order valence-electron chi connectivity index (χ3n) is 5.87. The topological polar surface area (TPSA) is 49.8 Å². The summed E-state index contributed by atoms with van der Waals surface area (Å²) in [5.74, 6) is 0.141. The average Bonchev–Trinajstić information content (AvgIpc) is 2.68. The monoisotopic (exact) mass is 317 g/mol. The van der Waals surface area contributed by atoms with Crippen molar-refractivity contribution in [3.8, 4) is 0 Å². The highest BCUT2D eigenvalue weighted by Gasteiger charge is 2.49. The number of likely N-dealkylation sites (N-methyl/N-ethyl adjacent to an activating group) is 1. The van der Waals surface area contributed by atoms with Crippen molar-refractivity contribution in [3.05, 3.63) is 34.6 Å². The van der Waals surface area contributed by atoms with Gasteiger partial charge in [0.25, 0.3) is 5.91 Å². The van der Waals surface area contributed by atoms with Gasteiger partial charge in [-0.1, -0.05) is 13.8 Å². The number of carbonyl (C=O) groups excluding carboxylic acids is 1. The largest absolute Gasteiger partial charge is 0.390 e. The maximum Gasteiger partial charge on any atom is 0.254 e. The molecule has 0 unspecified atom stereocenters. The number of nitrogens with zero attached hydrogens (tertiary/aromatic N) is 1. The van der Waals surface area contributed by atoms with Gasteiger partial charge < -0.3 is 14.7 Å². The van der Waals surface area contributed by atoms with Crippen molar-refractivity contribution in [1.29, 1.82) is 0 Å². The summed E-state index contributed by atoms with van der Waals surface area (Å²) in [5, 5.41) is 10.7. The fraction of sp³-hybridized carbons (Fsp3) is 0.632. The Kier molecular flexibility index (Phi) is 3.81. The minimum absolute atomic E-state index is 0.0605. The van der Waals surface area contributed by atoms with Gasteiger partial charge in [0.15, 0.2) is 0 Å². The van der Waals surface area contributed by atoms with Gasteiger partial charge in [0, 0.05) is 23.7 Å². The second kappa shape index (κ2) is 5.32. The molecule has 0 fully saturated rings. The minimum atomic E-state index is -0.531. The number of hydrogen-bond acceptors (Lipinski definition) is 3. The summed E-state index contributed by atoms with van der Waals surface area (Å²) in [4.78, 5) is 14.0. The van der Waals surface area contributed by atoms with Crippen LogP contribution < -0.4 is 0 Å². The van der Waals surface area contributed by atoms with Crippen LogP contribution in [0.25, 0.3) is 0 Å². The molecular weight excluding hydrogens is 290 g/mol. The Balaban J connectivity index is 2.10. The highest BCUT2D eigenvalue weighted by atomic mass is 16.5. The van der Waals surface area contributed by atoms with E-state index < -0.39 is 6.10 Å². The molecule has 4 nitrogen and oxygen atoms in total. The number of ether oxygens (including phenoxy) is 1. The van der Waals surface area contributed by atoms with Crippen molar-refractivity contribution in [2.24, 2.45) is 11.3 Å². The van der Waals surface area contributed by atoms with Gasteiger partial charge in [0.1, 0.15) is 6.10 Å². The number of allylic oxidation sites excluding steroid dienone is 3. The summed E-state index contributed by atoms with van der Waals surface area (Å²) in [6.45, 7) is 10.1. The molecule has 1 aliphatic heterocycles. The normalized spacial score (nSPS) is 37.0. The zero-order chi connectivity index (χ0) is 17.1. The number of rotatable bonds is 2. The predicted molar refractivity (Wildman–Crippen MR) is 89.5 cm³/mol. The third kappa shape index (κ3) is 2.31. The first-order valence-electron chi connectivity index (χ1n) is 8.42. The molecule has 1 heterocycles. The Morgan fingerprint density at radius 3 is 2.70 bits per heavy atom. The molecule has 3 aliphatic rings. The molecule has 126 valence electrons. The quantitative estimate of drug-likeness (QED) is 0.852. The van der Waals surface area contributed by atoms with E-state index in [-0.39, 0.29) is 29.4 Å². The number of fused-ring (bicyclic) bond motifs is 2. The molecule has 0 radical (unpaired) electrons. The first-order chi connectivity index (χ1) is 10.7. The first kappa shape index (κ1) is 16.5. The molecule has 0 saturated heterocycles. The smallest absolute Gasteiger partial charge is 0.254 e. The van der Waals surface area contributed by atoms with Gasteiger partial charge in [0.05, 0.1) is 12.2 Å². The van der Waals surface area contributed by atoms with Crippen molar-refractivity contribution in [2.45, 2.75) is 59.4 Å². The first-order valence-corrected chi connectivity index (χ1v) is 8.42. The molecule has 0 spiro atoms. The molecule has 4 heteroatoms. The van der Waals surface area contributed by atoms with Crippen LogP contribution in [0.5, 0.6) is 0 Å². The summed E-state index contributed by atoms with van der Waals surface area (Å²) in [5.41, 5.74) is 3.97. The Bertz CT molecular complexity index is 643. The second-order valence-corrected chi connectivity index (χ2v) is 7.64. The van der Waals surface area contributed by atoms with Gasteiger partial charge in [-0.2, -0.15) is 0 Å². The maximum atomic E-state index is 12.3. The summed E-state index contributed by atoms with van der Waals surface area (Å²) in [7, 11) is 1.83. The van der Waals surface area contributed by atoms with Gasteiger partial charge >= 0.3 is 0 Å². The molecule has 0 bridgehead atoms. The van der Waals surface area contributed by atoms with Gasteiger partial charge in [-0.05, 0) is 56.4 Å². The molecule has 0 aromatic heterocycles. The standard InChI is InChI=1S/C19H27NO3/c1-10(2)23-16-8-13-7-15-14(11(3)18(22)20(15)6)9-19(13,5)12(4)17(16)21/h7-8,10,12,16-17,21H,9H2,1-6H3/t12-,16+,17+,19+/m0/s1. The molecule has 1 N–H and O–H groups in total.